The van der Waals surface area contributed by atoms with Gasteiger partial charge in [0.25, 0.3) is 0 Å². The van der Waals surface area contributed by atoms with Crippen LogP contribution in [0.2, 0.25) is 0 Å². The van der Waals surface area contributed by atoms with Gasteiger partial charge in [0.2, 0.25) is 0 Å². The van der Waals surface area contributed by atoms with Gasteiger partial charge in [-0.25, -0.2) is 8.78 Å². The molecule has 3 heteroatoms. The van der Waals surface area contributed by atoms with Gasteiger partial charge in [-0.15, -0.1) is 0 Å². The van der Waals surface area contributed by atoms with E-state index in [1.54, 1.807) is 0 Å². The third-order valence-corrected chi connectivity index (χ3v) is 2.36. The number of ether oxygens (including phenoxy) is 1. The SMILES string of the molecule is CC1OCCc2cc(F)c(F)cc21. The first-order valence-electron chi connectivity index (χ1n) is 4.28. The lowest BCUT2D eigenvalue weighted by atomic mass is 9.98. The molecule has 0 saturated carbocycles. The number of halogens is 2. The van der Waals surface area contributed by atoms with Crippen molar-refractivity contribution in [3.63, 3.8) is 0 Å². The lowest BCUT2D eigenvalue weighted by molar-refractivity contribution is 0.0550. The Morgan fingerprint density at radius 1 is 1.31 bits per heavy atom. The summed E-state index contributed by atoms with van der Waals surface area (Å²) in [7, 11) is 0. The second kappa shape index (κ2) is 3.07. The molecule has 0 fully saturated rings. The molecule has 0 radical (unpaired) electrons. The third-order valence-electron chi connectivity index (χ3n) is 2.36. The van der Waals surface area contributed by atoms with E-state index in [0.717, 1.165) is 11.1 Å². The molecule has 2 rings (SSSR count). The van der Waals surface area contributed by atoms with Crippen LogP contribution in [0, 0.1) is 11.6 Å². The van der Waals surface area contributed by atoms with Gasteiger partial charge in [0.1, 0.15) is 0 Å². The van der Waals surface area contributed by atoms with Crippen molar-refractivity contribution >= 4 is 0 Å². The van der Waals surface area contributed by atoms with E-state index in [2.05, 4.69) is 0 Å². The first kappa shape index (κ1) is 8.63. The minimum Gasteiger partial charge on any atom is -0.373 e. The quantitative estimate of drug-likeness (QED) is 0.602. The van der Waals surface area contributed by atoms with Crippen molar-refractivity contribution in [2.24, 2.45) is 0 Å². The van der Waals surface area contributed by atoms with E-state index in [9.17, 15) is 8.78 Å². The molecule has 13 heavy (non-hydrogen) atoms. The second-order valence-electron chi connectivity index (χ2n) is 3.23. The van der Waals surface area contributed by atoms with Gasteiger partial charge in [-0.1, -0.05) is 0 Å². The summed E-state index contributed by atoms with van der Waals surface area (Å²) in [6.45, 7) is 2.43. The van der Waals surface area contributed by atoms with Crippen molar-refractivity contribution in [2.45, 2.75) is 19.4 Å². The van der Waals surface area contributed by atoms with Crippen molar-refractivity contribution in [2.75, 3.05) is 6.61 Å². The third kappa shape index (κ3) is 1.44. The number of benzene rings is 1. The molecule has 1 unspecified atom stereocenters. The molecule has 1 aromatic rings. The fraction of sp³-hybridized carbons (Fsp3) is 0.400. The molecule has 0 aliphatic carbocycles. The summed E-state index contributed by atoms with van der Waals surface area (Å²) in [5, 5.41) is 0. The molecular formula is C10H10F2O. The van der Waals surface area contributed by atoms with Gasteiger partial charge < -0.3 is 4.74 Å². The monoisotopic (exact) mass is 184 g/mol. The van der Waals surface area contributed by atoms with Gasteiger partial charge in [0, 0.05) is 0 Å². The normalized spacial score (nSPS) is 21.3. The molecular weight excluding hydrogens is 174 g/mol. The highest BCUT2D eigenvalue weighted by atomic mass is 19.2. The average Bonchev–Trinajstić information content (AvgIpc) is 2.09. The Kier molecular flexibility index (Phi) is 2.04. The lowest BCUT2D eigenvalue weighted by Crippen LogP contribution is -2.14. The summed E-state index contributed by atoms with van der Waals surface area (Å²) in [4.78, 5) is 0. The zero-order valence-electron chi connectivity index (χ0n) is 7.31. The summed E-state index contributed by atoms with van der Waals surface area (Å²) < 4.78 is 31.0. The van der Waals surface area contributed by atoms with Gasteiger partial charge in [0.05, 0.1) is 12.7 Å². The smallest absolute Gasteiger partial charge is 0.159 e. The van der Waals surface area contributed by atoms with Crippen molar-refractivity contribution < 1.29 is 13.5 Å². The molecule has 0 bridgehead atoms. The van der Waals surface area contributed by atoms with Crippen molar-refractivity contribution in [3.8, 4) is 0 Å². The molecule has 0 N–H and O–H groups in total. The van der Waals surface area contributed by atoms with E-state index in [-0.39, 0.29) is 6.10 Å². The Labute approximate surface area is 75.3 Å². The Morgan fingerprint density at radius 3 is 2.77 bits per heavy atom. The van der Waals surface area contributed by atoms with Crippen LogP contribution >= 0.6 is 0 Å². The van der Waals surface area contributed by atoms with Gasteiger partial charge in [0.15, 0.2) is 11.6 Å². The van der Waals surface area contributed by atoms with Crippen LogP contribution in [-0.4, -0.2) is 6.61 Å². The van der Waals surface area contributed by atoms with Crippen LogP contribution in [-0.2, 0) is 11.2 Å². The Balaban J connectivity index is 2.52. The second-order valence-corrected chi connectivity index (χ2v) is 3.23. The van der Waals surface area contributed by atoms with Crippen LogP contribution < -0.4 is 0 Å². The molecule has 1 aromatic carbocycles. The maximum Gasteiger partial charge on any atom is 0.159 e. The largest absolute Gasteiger partial charge is 0.373 e. The van der Waals surface area contributed by atoms with Crippen LogP contribution in [0.25, 0.3) is 0 Å². The highest BCUT2D eigenvalue weighted by molar-refractivity contribution is 5.32. The highest BCUT2D eigenvalue weighted by Gasteiger charge is 2.19. The standard InChI is InChI=1S/C10H10F2O/c1-6-8-5-10(12)9(11)4-7(8)2-3-13-6/h4-6H,2-3H2,1H3. The van der Waals surface area contributed by atoms with E-state index in [4.69, 9.17) is 4.74 Å². The molecule has 1 nitrogen and oxygen atoms in total. The molecule has 1 atom stereocenters. The fourth-order valence-corrected chi connectivity index (χ4v) is 1.63. The molecule has 0 amide bonds. The Morgan fingerprint density at radius 2 is 2.00 bits per heavy atom. The maximum atomic E-state index is 12.8. The fourth-order valence-electron chi connectivity index (χ4n) is 1.63. The van der Waals surface area contributed by atoms with Gasteiger partial charge in [-0.2, -0.15) is 0 Å². The summed E-state index contributed by atoms with van der Waals surface area (Å²) >= 11 is 0. The lowest BCUT2D eigenvalue weighted by Gasteiger charge is -2.22. The van der Waals surface area contributed by atoms with E-state index in [1.807, 2.05) is 6.92 Å². The predicted octanol–water partition coefficient (Wildman–Crippen LogP) is 2.60. The van der Waals surface area contributed by atoms with Crippen molar-refractivity contribution in [1.29, 1.82) is 0 Å². The van der Waals surface area contributed by atoms with E-state index >= 15 is 0 Å². The van der Waals surface area contributed by atoms with Gasteiger partial charge in [-0.3, -0.25) is 0 Å². The zero-order valence-corrected chi connectivity index (χ0v) is 7.31. The molecule has 0 spiro atoms. The number of hydrogen-bond acceptors (Lipinski definition) is 1. The molecule has 0 aromatic heterocycles. The molecule has 1 aliphatic rings. The van der Waals surface area contributed by atoms with Crippen LogP contribution in [0.4, 0.5) is 8.78 Å². The number of fused-ring (bicyclic) bond motifs is 1. The minimum atomic E-state index is -0.795. The van der Waals surface area contributed by atoms with E-state index < -0.39 is 11.6 Å². The highest BCUT2D eigenvalue weighted by Crippen LogP contribution is 2.28. The number of hydrogen-bond donors (Lipinski definition) is 0. The molecule has 1 heterocycles. The summed E-state index contributed by atoms with van der Waals surface area (Å²) in [6.07, 6.45) is 0.537. The van der Waals surface area contributed by atoms with E-state index in [0.29, 0.717) is 13.0 Å². The van der Waals surface area contributed by atoms with Crippen molar-refractivity contribution in [1.82, 2.24) is 0 Å². The zero-order chi connectivity index (χ0) is 9.42. The average molecular weight is 184 g/mol. The van der Waals surface area contributed by atoms with Crippen LogP contribution in [0.15, 0.2) is 12.1 Å². The predicted molar refractivity (Wildman–Crippen MR) is 44.4 cm³/mol. The van der Waals surface area contributed by atoms with Crippen LogP contribution in [0.3, 0.4) is 0 Å². The van der Waals surface area contributed by atoms with Gasteiger partial charge in [-0.05, 0) is 36.6 Å². The molecule has 1 aliphatic heterocycles. The molecule has 70 valence electrons. The first-order chi connectivity index (χ1) is 6.18. The summed E-state index contributed by atoms with van der Waals surface area (Å²) in [6, 6.07) is 2.50. The first-order valence-corrected chi connectivity index (χ1v) is 4.28. The maximum absolute atomic E-state index is 12.8. The summed E-state index contributed by atoms with van der Waals surface area (Å²) in [5.74, 6) is -1.57. The van der Waals surface area contributed by atoms with Crippen molar-refractivity contribution in [3.05, 3.63) is 34.9 Å². The van der Waals surface area contributed by atoms with Crippen LogP contribution in [0.1, 0.15) is 24.2 Å². The minimum absolute atomic E-state index is 0.126. The summed E-state index contributed by atoms with van der Waals surface area (Å²) in [5.41, 5.74) is 1.63. The van der Waals surface area contributed by atoms with Crippen LogP contribution in [0.5, 0.6) is 0 Å². The van der Waals surface area contributed by atoms with E-state index in [1.165, 1.54) is 12.1 Å². The topological polar surface area (TPSA) is 9.23 Å². The Bertz CT molecular complexity index is 336. The Hall–Kier alpha value is -0.960. The molecule has 0 saturated heterocycles. The van der Waals surface area contributed by atoms with Gasteiger partial charge >= 0.3 is 0 Å². The number of rotatable bonds is 0.